The average Bonchev–Trinajstić information content (AvgIpc) is 3.39. The van der Waals surface area contributed by atoms with Crippen molar-refractivity contribution in [3.8, 4) is 17.2 Å². The molecule has 3 aromatic rings. The minimum Gasteiger partial charge on any atom is -0.493 e. The molecular formula is C30H33N5O5. The van der Waals surface area contributed by atoms with Crippen molar-refractivity contribution < 1.29 is 23.8 Å². The van der Waals surface area contributed by atoms with E-state index in [1.54, 1.807) is 24.8 Å². The molecule has 0 bridgehead atoms. The number of allylic oxidation sites excluding steroid dienone is 3. The van der Waals surface area contributed by atoms with Crippen LogP contribution in [0, 0.1) is 5.41 Å². The lowest BCUT2D eigenvalue weighted by molar-refractivity contribution is -0.138. The Kier molecular flexibility index (Phi) is 7.42. The number of carbonyl (C=O) groups is 2. The van der Waals surface area contributed by atoms with Gasteiger partial charge in [-0.05, 0) is 65.9 Å². The van der Waals surface area contributed by atoms with Crippen molar-refractivity contribution in [1.82, 2.24) is 25.5 Å². The largest absolute Gasteiger partial charge is 0.493 e. The summed E-state index contributed by atoms with van der Waals surface area (Å²) in [6, 6.07) is 15.0. The molecule has 0 saturated heterocycles. The molecule has 10 heteroatoms. The van der Waals surface area contributed by atoms with Crippen LogP contribution < -0.4 is 14.8 Å². The van der Waals surface area contributed by atoms with E-state index in [1.807, 2.05) is 49.4 Å². The first kappa shape index (κ1) is 27.1. The standard InChI is InChI=1S/C30H33N5O5/c1-6-39-29(37)26-18(2)31-21-15-30(3,4)16-22(36)28(21)27(26)19-12-13-23(24(14-19)38-5)40-17-25-32-33-34-35(25)20-10-8-7-9-11-20/h7-14,27,31H,6,15-17H2,1-5H3/t27-/m0/s1. The molecule has 0 amide bonds. The van der Waals surface area contributed by atoms with E-state index >= 15 is 0 Å². The number of benzene rings is 2. The van der Waals surface area contributed by atoms with Crippen molar-refractivity contribution in [2.75, 3.05) is 13.7 Å². The Morgan fingerprint density at radius 3 is 2.62 bits per heavy atom. The molecule has 1 N–H and O–H groups in total. The third-order valence-corrected chi connectivity index (χ3v) is 7.15. The van der Waals surface area contributed by atoms with Gasteiger partial charge in [0.2, 0.25) is 0 Å². The third kappa shape index (κ3) is 5.21. The van der Waals surface area contributed by atoms with Crippen LogP contribution in [-0.2, 0) is 20.9 Å². The Morgan fingerprint density at radius 1 is 1.12 bits per heavy atom. The van der Waals surface area contributed by atoms with Crippen LogP contribution in [0.3, 0.4) is 0 Å². The summed E-state index contributed by atoms with van der Waals surface area (Å²) in [5.41, 5.74) is 3.93. The smallest absolute Gasteiger partial charge is 0.336 e. The van der Waals surface area contributed by atoms with Gasteiger partial charge in [-0.25, -0.2) is 4.79 Å². The number of nitrogens with zero attached hydrogens (tertiary/aromatic N) is 4. The molecular weight excluding hydrogens is 510 g/mol. The van der Waals surface area contributed by atoms with Crippen molar-refractivity contribution in [2.24, 2.45) is 5.41 Å². The number of dihydropyridines is 1. The van der Waals surface area contributed by atoms with Gasteiger partial charge in [-0.15, -0.1) is 5.10 Å². The molecule has 0 unspecified atom stereocenters. The Labute approximate surface area is 233 Å². The van der Waals surface area contributed by atoms with Crippen LogP contribution in [0.5, 0.6) is 11.5 Å². The molecule has 1 atom stereocenters. The second-order valence-corrected chi connectivity index (χ2v) is 10.7. The molecule has 0 saturated carbocycles. The molecule has 5 rings (SSSR count). The van der Waals surface area contributed by atoms with Crippen LogP contribution in [-0.4, -0.2) is 45.7 Å². The van der Waals surface area contributed by atoms with E-state index in [9.17, 15) is 9.59 Å². The first-order chi connectivity index (χ1) is 19.2. The van der Waals surface area contributed by atoms with E-state index < -0.39 is 11.9 Å². The Balaban J connectivity index is 1.49. The predicted octanol–water partition coefficient (Wildman–Crippen LogP) is 4.42. The normalized spacial score (nSPS) is 18.2. The number of Topliss-reactive ketones (excluding diaryl/α,β-unsaturated/α-hetero) is 1. The summed E-state index contributed by atoms with van der Waals surface area (Å²) in [6.07, 6.45) is 1.10. The van der Waals surface area contributed by atoms with Crippen LogP contribution in [0.1, 0.15) is 57.8 Å². The third-order valence-electron chi connectivity index (χ3n) is 7.15. The van der Waals surface area contributed by atoms with Crippen molar-refractivity contribution in [1.29, 1.82) is 0 Å². The highest BCUT2D eigenvalue weighted by Crippen LogP contribution is 2.48. The second-order valence-electron chi connectivity index (χ2n) is 10.7. The van der Waals surface area contributed by atoms with E-state index in [1.165, 1.54) is 0 Å². The minimum atomic E-state index is -0.591. The number of methoxy groups -OCH3 is 1. The van der Waals surface area contributed by atoms with Gasteiger partial charge in [0.25, 0.3) is 0 Å². The fourth-order valence-corrected chi connectivity index (χ4v) is 5.44. The lowest BCUT2D eigenvalue weighted by Gasteiger charge is -2.39. The monoisotopic (exact) mass is 543 g/mol. The number of ether oxygens (including phenoxy) is 3. The van der Waals surface area contributed by atoms with Gasteiger partial charge in [0.15, 0.2) is 29.7 Å². The first-order valence-electron chi connectivity index (χ1n) is 13.3. The van der Waals surface area contributed by atoms with Gasteiger partial charge in [-0.3, -0.25) is 4.79 Å². The number of ketones is 1. The van der Waals surface area contributed by atoms with Gasteiger partial charge in [-0.1, -0.05) is 38.1 Å². The SMILES string of the molecule is CCOC(=O)C1=C(C)NC2=C(C(=O)CC(C)(C)C2)[C@H]1c1ccc(OCc2nnnn2-c2ccccc2)c(OC)c1. The number of rotatable bonds is 8. The zero-order chi connectivity index (χ0) is 28.4. The lowest BCUT2D eigenvalue weighted by Crippen LogP contribution is -2.38. The molecule has 208 valence electrons. The maximum atomic E-state index is 13.5. The number of para-hydroxylation sites is 1. The highest BCUT2D eigenvalue weighted by atomic mass is 16.5. The molecule has 40 heavy (non-hydrogen) atoms. The highest BCUT2D eigenvalue weighted by Gasteiger charge is 2.43. The van der Waals surface area contributed by atoms with Crippen LogP contribution in [0.15, 0.2) is 71.1 Å². The quantitative estimate of drug-likeness (QED) is 0.412. The molecule has 2 heterocycles. The zero-order valence-electron chi connectivity index (χ0n) is 23.4. The summed E-state index contributed by atoms with van der Waals surface area (Å²) in [7, 11) is 1.55. The fraction of sp³-hybridized carbons (Fsp3) is 0.367. The molecule has 0 fully saturated rings. The molecule has 0 spiro atoms. The summed E-state index contributed by atoms with van der Waals surface area (Å²) >= 11 is 0. The lowest BCUT2D eigenvalue weighted by atomic mass is 9.68. The van der Waals surface area contributed by atoms with Crippen LogP contribution in [0.4, 0.5) is 0 Å². The van der Waals surface area contributed by atoms with Crippen LogP contribution in [0.25, 0.3) is 5.69 Å². The summed E-state index contributed by atoms with van der Waals surface area (Å²) in [6.45, 7) is 8.10. The topological polar surface area (TPSA) is 117 Å². The molecule has 1 aromatic heterocycles. The van der Waals surface area contributed by atoms with E-state index in [2.05, 4.69) is 34.7 Å². The van der Waals surface area contributed by atoms with Gasteiger partial charge in [-0.2, -0.15) is 4.68 Å². The van der Waals surface area contributed by atoms with E-state index in [0.717, 1.165) is 16.9 Å². The number of hydrogen-bond acceptors (Lipinski definition) is 9. The van der Waals surface area contributed by atoms with Crippen molar-refractivity contribution in [2.45, 2.75) is 53.1 Å². The number of hydrogen-bond donors (Lipinski definition) is 1. The van der Waals surface area contributed by atoms with Gasteiger partial charge in [0.05, 0.1) is 25.0 Å². The van der Waals surface area contributed by atoms with Gasteiger partial charge >= 0.3 is 5.97 Å². The van der Waals surface area contributed by atoms with E-state index in [4.69, 9.17) is 14.2 Å². The number of esters is 1. The maximum absolute atomic E-state index is 13.5. The Hall–Kier alpha value is -4.47. The number of carbonyl (C=O) groups excluding carboxylic acids is 2. The van der Waals surface area contributed by atoms with Crippen molar-refractivity contribution in [3.63, 3.8) is 0 Å². The van der Waals surface area contributed by atoms with E-state index in [-0.39, 0.29) is 24.4 Å². The van der Waals surface area contributed by atoms with E-state index in [0.29, 0.717) is 47.0 Å². The number of tetrazole rings is 1. The Bertz CT molecular complexity index is 1510. The summed E-state index contributed by atoms with van der Waals surface area (Å²) < 4.78 is 18.8. The summed E-state index contributed by atoms with van der Waals surface area (Å²) in [4.78, 5) is 26.7. The average molecular weight is 544 g/mol. The molecule has 2 aromatic carbocycles. The zero-order valence-corrected chi connectivity index (χ0v) is 23.4. The maximum Gasteiger partial charge on any atom is 0.336 e. The van der Waals surface area contributed by atoms with Crippen molar-refractivity contribution in [3.05, 3.63) is 82.5 Å². The predicted molar refractivity (Wildman–Crippen MR) is 147 cm³/mol. The molecule has 10 nitrogen and oxygen atoms in total. The molecule has 0 radical (unpaired) electrons. The van der Waals surface area contributed by atoms with Gasteiger partial charge in [0, 0.05) is 29.3 Å². The number of nitrogens with one attached hydrogen (secondary N) is 1. The first-order valence-corrected chi connectivity index (χ1v) is 13.3. The minimum absolute atomic E-state index is 0.0186. The van der Waals surface area contributed by atoms with Crippen molar-refractivity contribution >= 4 is 11.8 Å². The molecule has 2 aliphatic rings. The Morgan fingerprint density at radius 2 is 1.90 bits per heavy atom. The molecule has 1 aliphatic carbocycles. The molecule has 1 aliphatic heterocycles. The van der Waals surface area contributed by atoms with Crippen LogP contribution in [0.2, 0.25) is 0 Å². The summed E-state index contributed by atoms with van der Waals surface area (Å²) in [5.74, 6) is 0.433. The number of aromatic nitrogens is 4. The fourth-order valence-electron chi connectivity index (χ4n) is 5.44. The highest BCUT2D eigenvalue weighted by molar-refractivity contribution is 6.04. The second kappa shape index (κ2) is 11.0. The van der Waals surface area contributed by atoms with Crippen LogP contribution >= 0.6 is 0 Å². The van der Waals surface area contributed by atoms with Gasteiger partial charge in [0.1, 0.15) is 0 Å². The summed E-state index contributed by atoms with van der Waals surface area (Å²) in [5, 5.41) is 15.3. The van der Waals surface area contributed by atoms with Gasteiger partial charge < -0.3 is 19.5 Å².